The number of nitrogens with one attached hydrogen (secondary N) is 2. The van der Waals surface area contributed by atoms with Crippen molar-refractivity contribution >= 4 is 0 Å². The fourth-order valence-electron chi connectivity index (χ4n) is 2.32. The van der Waals surface area contributed by atoms with Gasteiger partial charge in [-0.1, -0.05) is 0 Å². The van der Waals surface area contributed by atoms with Gasteiger partial charge in [-0.3, -0.25) is 10.2 Å². The Hall–Kier alpha value is -2.51. The minimum Gasteiger partial charge on any atom is -0.334 e. The molecule has 0 fully saturated rings. The van der Waals surface area contributed by atoms with E-state index in [1.807, 2.05) is 6.20 Å². The van der Waals surface area contributed by atoms with E-state index in [0.29, 0.717) is 17.5 Å². The van der Waals surface area contributed by atoms with E-state index in [0.717, 1.165) is 24.5 Å². The molecular formula is C11H12N8. The first kappa shape index (κ1) is 10.4. The molecule has 2 N–H and O–H groups in total. The summed E-state index contributed by atoms with van der Waals surface area (Å²) in [6, 6.07) is 0. The normalized spacial score (nSPS) is 14.5. The van der Waals surface area contributed by atoms with E-state index in [4.69, 9.17) is 0 Å². The third kappa shape index (κ3) is 1.72. The number of imidazole rings is 1. The highest BCUT2D eigenvalue weighted by molar-refractivity contribution is 5.53. The number of aryl methyl sites for hydroxylation is 2. The van der Waals surface area contributed by atoms with E-state index in [-0.39, 0.29) is 0 Å². The number of nitrogens with zero attached hydrogens (tertiary/aromatic N) is 6. The zero-order valence-electron chi connectivity index (χ0n) is 10.2. The number of aromatic nitrogens is 8. The molecule has 3 aromatic rings. The summed E-state index contributed by atoms with van der Waals surface area (Å²) in [6.45, 7) is 1.03. The Morgan fingerprint density at radius 1 is 1.11 bits per heavy atom. The van der Waals surface area contributed by atoms with E-state index < -0.39 is 0 Å². The quantitative estimate of drug-likeness (QED) is 0.706. The van der Waals surface area contributed by atoms with Crippen molar-refractivity contribution in [2.45, 2.75) is 25.8 Å². The van der Waals surface area contributed by atoms with Crippen LogP contribution in [0.15, 0.2) is 12.5 Å². The van der Waals surface area contributed by atoms with Crippen molar-refractivity contribution < 1.29 is 0 Å². The number of H-pyrrole nitrogens is 2. The molecule has 4 rings (SSSR count). The van der Waals surface area contributed by atoms with Crippen molar-refractivity contribution in [1.82, 2.24) is 39.9 Å². The van der Waals surface area contributed by atoms with Crippen molar-refractivity contribution in [2.75, 3.05) is 0 Å². The molecule has 0 aromatic carbocycles. The highest BCUT2D eigenvalue weighted by atomic mass is 15.3. The van der Waals surface area contributed by atoms with Gasteiger partial charge >= 0.3 is 0 Å². The monoisotopic (exact) mass is 256 g/mol. The second-order valence-electron chi connectivity index (χ2n) is 4.53. The Morgan fingerprint density at radius 3 is 2.95 bits per heavy atom. The third-order valence-corrected chi connectivity index (χ3v) is 3.26. The molecule has 0 spiro atoms. The van der Waals surface area contributed by atoms with Crippen LogP contribution in [0, 0.1) is 0 Å². The fraction of sp³-hybridized carbons (Fsp3) is 0.364. The maximum absolute atomic E-state index is 4.59. The van der Waals surface area contributed by atoms with Crippen LogP contribution in [0.1, 0.15) is 18.7 Å². The standard InChI is InChI=1S/C11H12N8/c1-2-4-19-5-7(14-8(19)3-1)9-15-11(18-17-9)10-12-6-13-16-10/h5-6H,1-4H2,(H,12,13,16)(H,15,17,18). The van der Waals surface area contributed by atoms with Crippen LogP contribution in [0.5, 0.6) is 0 Å². The molecule has 1 aliphatic rings. The van der Waals surface area contributed by atoms with Crippen LogP contribution in [0.25, 0.3) is 23.2 Å². The lowest BCUT2D eigenvalue weighted by molar-refractivity contribution is 0.522. The van der Waals surface area contributed by atoms with Crippen LogP contribution in [0.3, 0.4) is 0 Å². The second kappa shape index (κ2) is 4.01. The zero-order valence-corrected chi connectivity index (χ0v) is 10.2. The largest absolute Gasteiger partial charge is 0.334 e. The van der Waals surface area contributed by atoms with Gasteiger partial charge in [-0.25, -0.2) is 15.0 Å². The molecule has 0 saturated carbocycles. The molecular weight excluding hydrogens is 244 g/mol. The molecule has 19 heavy (non-hydrogen) atoms. The molecule has 0 saturated heterocycles. The van der Waals surface area contributed by atoms with Gasteiger partial charge in [0, 0.05) is 19.2 Å². The summed E-state index contributed by atoms with van der Waals surface area (Å²) in [6.07, 6.45) is 6.89. The summed E-state index contributed by atoms with van der Waals surface area (Å²) >= 11 is 0. The number of fused-ring (bicyclic) bond motifs is 1. The average Bonchev–Trinajstić information content (AvgIpc) is 3.17. The maximum atomic E-state index is 4.59. The lowest BCUT2D eigenvalue weighted by Gasteiger charge is -2.11. The number of hydrogen-bond donors (Lipinski definition) is 2. The Morgan fingerprint density at radius 2 is 2.11 bits per heavy atom. The van der Waals surface area contributed by atoms with Gasteiger partial charge in [-0.05, 0) is 12.8 Å². The second-order valence-corrected chi connectivity index (χ2v) is 4.53. The highest BCUT2D eigenvalue weighted by Crippen LogP contribution is 2.21. The van der Waals surface area contributed by atoms with Crippen molar-refractivity contribution in [1.29, 1.82) is 0 Å². The van der Waals surface area contributed by atoms with Gasteiger partial charge in [0.15, 0.2) is 11.6 Å². The summed E-state index contributed by atoms with van der Waals surface area (Å²) in [5.41, 5.74) is 0.805. The first-order chi connectivity index (χ1) is 9.40. The molecule has 8 nitrogen and oxygen atoms in total. The summed E-state index contributed by atoms with van der Waals surface area (Å²) in [4.78, 5) is 13.0. The number of aromatic amines is 2. The van der Waals surface area contributed by atoms with Gasteiger partial charge < -0.3 is 4.57 Å². The van der Waals surface area contributed by atoms with Gasteiger partial charge in [0.25, 0.3) is 0 Å². The SMILES string of the molecule is c1n[nH]c(-c2nc(-c3cn4c(n3)CCCC4)n[nH]2)n1. The van der Waals surface area contributed by atoms with Gasteiger partial charge in [0.05, 0.1) is 0 Å². The van der Waals surface area contributed by atoms with Crippen molar-refractivity contribution in [3.05, 3.63) is 18.3 Å². The number of hydrogen-bond acceptors (Lipinski definition) is 5. The summed E-state index contributed by atoms with van der Waals surface area (Å²) < 4.78 is 2.18. The summed E-state index contributed by atoms with van der Waals surface area (Å²) in [7, 11) is 0. The predicted octanol–water partition coefficient (Wildman–Crippen LogP) is 0.790. The highest BCUT2D eigenvalue weighted by Gasteiger charge is 2.16. The Balaban J connectivity index is 1.71. The van der Waals surface area contributed by atoms with E-state index in [9.17, 15) is 0 Å². The summed E-state index contributed by atoms with van der Waals surface area (Å²) in [5.74, 6) is 2.85. The third-order valence-electron chi connectivity index (χ3n) is 3.26. The Kier molecular flexibility index (Phi) is 2.20. The van der Waals surface area contributed by atoms with Crippen molar-refractivity contribution in [3.63, 3.8) is 0 Å². The van der Waals surface area contributed by atoms with Crippen LogP contribution in [0.4, 0.5) is 0 Å². The van der Waals surface area contributed by atoms with Gasteiger partial charge in [0.1, 0.15) is 17.8 Å². The lowest BCUT2D eigenvalue weighted by atomic mass is 10.2. The fourth-order valence-corrected chi connectivity index (χ4v) is 2.32. The smallest absolute Gasteiger partial charge is 0.201 e. The molecule has 0 bridgehead atoms. The summed E-state index contributed by atoms with van der Waals surface area (Å²) in [5, 5.41) is 13.6. The lowest BCUT2D eigenvalue weighted by Crippen LogP contribution is -2.08. The first-order valence-electron chi connectivity index (χ1n) is 6.25. The minimum absolute atomic E-state index is 0.568. The van der Waals surface area contributed by atoms with E-state index >= 15 is 0 Å². The van der Waals surface area contributed by atoms with E-state index in [1.54, 1.807) is 0 Å². The van der Waals surface area contributed by atoms with Crippen LogP contribution in [0.2, 0.25) is 0 Å². The maximum Gasteiger partial charge on any atom is 0.201 e. The Bertz CT molecular complexity index is 669. The zero-order chi connectivity index (χ0) is 12.7. The molecule has 0 radical (unpaired) electrons. The number of rotatable bonds is 2. The minimum atomic E-state index is 0.568. The van der Waals surface area contributed by atoms with Crippen LogP contribution in [-0.2, 0) is 13.0 Å². The average molecular weight is 256 g/mol. The molecule has 1 aliphatic heterocycles. The molecule has 96 valence electrons. The molecule has 4 heterocycles. The molecule has 0 unspecified atom stereocenters. The molecule has 0 amide bonds. The van der Waals surface area contributed by atoms with Crippen molar-refractivity contribution in [2.24, 2.45) is 0 Å². The van der Waals surface area contributed by atoms with Crippen LogP contribution < -0.4 is 0 Å². The van der Waals surface area contributed by atoms with Crippen LogP contribution in [-0.4, -0.2) is 39.9 Å². The molecule has 0 aliphatic carbocycles. The molecule has 0 atom stereocenters. The topological polar surface area (TPSA) is 101 Å². The van der Waals surface area contributed by atoms with Crippen molar-refractivity contribution in [3.8, 4) is 23.2 Å². The predicted molar refractivity (Wildman–Crippen MR) is 65.9 cm³/mol. The van der Waals surface area contributed by atoms with Gasteiger partial charge in [-0.15, -0.1) is 0 Å². The van der Waals surface area contributed by atoms with Gasteiger partial charge in [-0.2, -0.15) is 10.2 Å². The molecule has 8 heteroatoms. The first-order valence-corrected chi connectivity index (χ1v) is 6.25. The van der Waals surface area contributed by atoms with E-state index in [2.05, 4.69) is 39.9 Å². The van der Waals surface area contributed by atoms with Gasteiger partial charge in [0.2, 0.25) is 5.82 Å². The van der Waals surface area contributed by atoms with Crippen LogP contribution >= 0.6 is 0 Å². The Labute approximate surface area is 108 Å². The molecule has 3 aromatic heterocycles. The van der Waals surface area contributed by atoms with E-state index in [1.165, 1.54) is 19.2 Å².